The van der Waals surface area contributed by atoms with Crippen LogP contribution in [0, 0.1) is 11.3 Å². The number of halogens is 1. The Kier molecular flexibility index (Phi) is 14.2. The van der Waals surface area contributed by atoms with Gasteiger partial charge in [-0.3, -0.25) is 34.0 Å². The molecule has 7 rings (SSSR count). The molecule has 2 N–H and O–H groups in total. The Morgan fingerprint density at radius 2 is 1.85 bits per heavy atom. The number of rotatable bonds is 10. The Bertz CT molecular complexity index is 2520. The van der Waals surface area contributed by atoms with Gasteiger partial charge in [0.15, 0.2) is 0 Å². The van der Waals surface area contributed by atoms with Gasteiger partial charge >= 0.3 is 5.97 Å². The SMILES string of the molecule is C=CC(=O)N1CC[C@](F)(C(=O)N(C)[C@H](C(=O)N[C@H]2Cc3cccc(c3)-c3ccc4c(c3)c(c(-c3cccnc3[C@H](C)OC)n4CC)CC(C)(C)COC(=O)[C@@H]3CCCN(N3)C2=O)C(C)C)C1. The van der Waals surface area contributed by atoms with Gasteiger partial charge in [0.2, 0.25) is 17.5 Å². The van der Waals surface area contributed by atoms with E-state index in [0.29, 0.717) is 25.8 Å². The number of hydrogen-bond acceptors (Lipinski definition) is 9. The number of likely N-dealkylation sites (tertiary alicyclic amines) is 1. The molecule has 2 aromatic carbocycles. The number of nitrogens with one attached hydrogen (secondary N) is 2. The molecule has 2 fully saturated rings. The minimum atomic E-state index is -2.40. The maximum Gasteiger partial charge on any atom is 0.324 e. The first-order valence-corrected chi connectivity index (χ1v) is 23.0. The van der Waals surface area contributed by atoms with Crippen LogP contribution in [0.3, 0.4) is 0 Å². The van der Waals surface area contributed by atoms with E-state index in [9.17, 15) is 24.0 Å². The fraction of sp³-hybridized carbons (Fsp3) is 0.490. The number of amides is 4. The van der Waals surface area contributed by atoms with E-state index in [1.807, 2.05) is 37.3 Å². The summed E-state index contributed by atoms with van der Waals surface area (Å²) in [6.45, 7) is 15.9. The topological polar surface area (TPSA) is 155 Å². The molecule has 4 amide bonds. The van der Waals surface area contributed by atoms with Crippen molar-refractivity contribution in [2.24, 2.45) is 11.3 Å². The van der Waals surface area contributed by atoms with E-state index in [-0.39, 0.29) is 38.6 Å². The van der Waals surface area contributed by atoms with E-state index in [1.54, 1.807) is 27.2 Å². The van der Waals surface area contributed by atoms with Crippen LogP contribution in [-0.2, 0) is 52.8 Å². The summed E-state index contributed by atoms with van der Waals surface area (Å²) < 4.78 is 30.5. The minimum Gasteiger partial charge on any atom is -0.464 e. The second kappa shape index (κ2) is 19.5. The second-order valence-electron chi connectivity index (χ2n) is 19.1. The summed E-state index contributed by atoms with van der Waals surface area (Å²) in [5, 5.41) is 5.38. The van der Waals surface area contributed by atoms with Gasteiger partial charge in [-0.2, -0.15) is 0 Å². The number of aryl methyl sites for hydroxylation is 1. The molecule has 6 bridgehead atoms. The number of alkyl halides is 1. The predicted molar refractivity (Wildman–Crippen MR) is 250 cm³/mol. The molecule has 3 aliphatic rings. The first-order chi connectivity index (χ1) is 31.4. The molecule has 0 radical (unpaired) electrons. The zero-order valence-electron chi connectivity index (χ0n) is 39.5. The molecule has 3 aliphatic heterocycles. The number of fused-ring (bicyclic) bond motifs is 6. The van der Waals surface area contributed by atoms with Crippen molar-refractivity contribution in [1.29, 1.82) is 0 Å². The lowest BCUT2D eigenvalue weighted by Gasteiger charge is -2.37. The van der Waals surface area contributed by atoms with Crippen molar-refractivity contribution < 1.29 is 37.8 Å². The number of ether oxygens (including phenoxy) is 2. The third-order valence-corrected chi connectivity index (χ3v) is 13.4. The zero-order chi connectivity index (χ0) is 47.7. The van der Waals surface area contributed by atoms with Gasteiger partial charge in [-0.15, -0.1) is 0 Å². The van der Waals surface area contributed by atoms with Gasteiger partial charge in [0, 0.05) is 74.7 Å². The fourth-order valence-electron chi connectivity index (χ4n) is 9.88. The first-order valence-electron chi connectivity index (χ1n) is 23.0. The van der Waals surface area contributed by atoms with Crippen molar-refractivity contribution in [3.05, 3.63) is 90.3 Å². The summed E-state index contributed by atoms with van der Waals surface area (Å²) in [5.74, 6) is -3.49. The lowest BCUT2D eigenvalue weighted by atomic mass is 9.84. The van der Waals surface area contributed by atoms with E-state index >= 15 is 4.39 Å². The Morgan fingerprint density at radius 1 is 1.09 bits per heavy atom. The molecule has 5 atom stereocenters. The number of methoxy groups -OCH3 is 1. The van der Waals surface area contributed by atoms with E-state index in [0.717, 1.165) is 61.1 Å². The van der Waals surface area contributed by atoms with Crippen LogP contribution in [0.4, 0.5) is 4.39 Å². The lowest BCUT2D eigenvalue weighted by Crippen LogP contribution is -2.62. The number of cyclic esters (lactones) is 1. The Balaban J connectivity index is 1.29. The van der Waals surface area contributed by atoms with Crippen molar-refractivity contribution in [3.8, 4) is 22.4 Å². The maximum atomic E-state index is 16.3. The molecule has 2 aromatic heterocycles. The van der Waals surface area contributed by atoms with Crippen LogP contribution in [0.25, 0.3) is 33.3 Å². The third kappa shape index (κ3) is 9.64. The molecule has 5 heterocycles. The smallest absolute Gasteiger partial charge is 0.324 e. The van der Waals surface area contributed by atoms with Crippen LogP contribution in [-0.4, -0.2) is 118 Å². The largest absolute Gasteiger partial charge is 0.464 e. The average molecular weight is 906 g/mol. The fourth-order valence-corrected chi connectivity index (χ4v) is 9.88. The van der Waals surface area contributed by atoms with Crippen LogP contribution in [0.5, 0.6) is 0 Å². The number of carbonyl (C=O) groups excluding carboxylic acids is 5. The Morgan fingerprint density at radius 3 is 2.56 bits per heavy atom. The van der Waals surface area contributed by atoms with Crippen molar-refractivity contribution in [1.82, 2.24) is 35.1 Å². The highest BCUT2D eigenvalue weighted by Crippen LogP contribution is 2.42. The molecule has 14 nitrogen and oxygen atoms in total. The Hall–Kier alpha value is -5.93. The van der Waals surface area contributed by atoms with Crippen LogP contribution >= 0.6 is 0 Å². The quantitative estimate of drug-likeness (QED) is 0.137. The summed E-state index contributed by atoms with van der Waals surface area (Å²) in [5.41, 5.74) is 7.75. The minimum absolute atomic E-state index is 0.0340. The number of carbonyl (C=O) groups is 5. The van der Waals surface area contributed by atoms with Crippen LogP contribution in [0.2, 0.25) is 0 Å². The number of hydrazine groups is 1. The second-order valence-corrected chi connectivity index (χ2v) is 19.1. The third-order valence-electron chi connectivity index (χ3n) is 13.4. The van der Waals surface area contributed by atoms with Gasteiger partial charge < -0.3 is 29.2 Å². The number of aromatic nitrogens is 2. The molecule has 15 heteroatoms. The first kappa shape index (κ1) is 48.0. The monoisotopic (exact) mass is 905 g/mol. The summed E-state index contributed by atoms with van der Waals surface area (Å²) in [6.07, 6.45) is 3.94. The number of nitrogens with zero attached hydrogens (tertiary/aromatic N) is 5. The van der Waals surface area contributed by atoms with Crippen molar-refractivity contribution in [2.45, 2.75) is 110 Å². The number of likely N-dealkylation sites (N-methyl/N-ethyl adjacent to an activating group) is 1. The summed E-state index contributed by atoms with van der Waals surface area (Å²) in [4.78, 5) is 76.3. The highest BCUT2D eigenvalue weighted by atomic mass is 19.1. The molecule has 0 spiro atoms. The number of pyridine rings is 1. The standard InChI is InChI=1S/C51H64FN7O7/c1-10-42(60)57-24-21-51(52,29-57)49(64)56(8)44(31(3)4)46(61)54-40-26-33-15-12-16-34(25-33)35-19-20-41-37(27-35)38(45(58(41)11-2)36-17-13-22-53-43(36)32(5)65-9)28-50(6,7)30-66-48(63)39-18-14-23-59(55-39)47(40)62/h10,12-13,15-17,19-20,22,25,27,31-32,39-40,44,55H,1,11,14,18,21,23-24,26,28-30H2,2-9H3,(H,54,61)/t32-,39-,40-,44-,51+/m0/s1. The highest BCUT2D eigenvalue weighted by Gasteiger charge is 2.50. The van der Waals surface area contributed by atoms with Gasteiger partial charge in [0.05, 0.1) is 30.6 Å². The molecular formula is C51H64FN7O7. The lowest BCUT2D eigenvalue weighted by molar-refractivity contribution is -0.155. The van der Waals surface area contributed by atoms with Crippen molar-refractivity contribution >= 4 is 40.5 Å². The van der Waals surface area contributed by atoms with Gasteiger partial charge in [-0.1, -0.05) is 64.6 Å². The number of benzene rings is 2. The van der Waals surface area contributed by atoms with Crippen molar-refractivity contribution in [3.63, 3.8) is 0 Å². The van der Waals surface area contributed by atoms with Crippen molar-refractivity contribution in [2.75, 3.05) is 40.4 Å². The van der Waals surface area contributed by atoms with Crippen LogP contribution in [0.1, 0.15) is 83.7 Å². The Labute approximate surface area is 386 Å². The van der Waals surface area contributed by atoms with E-state index in [1.165, 1.54) is 17.0 Å². The predicted octanol–water partition coefficient (Wildman–Crippen LogP) is 6.36. The van der Waals surface area contributed by atoms with Gasteiger partial charge in [0.1, 0.15) is 18.1 Å². The number of hydrogen-bond donors (Lipinski definition) is 2. The van der Waals surface area contributed by atoms with E-state index in [4.69, 9.17) is 14.5 Å². The van der Waals surface area contributed by atoms with Crippen LogP contribution in [0.15, 0.2) is 73.4 Å². The molecule has 0 saturated carbocycles. The average Bonchev–Trinajstić information content (AvgIpc) is 3.86. The number of esters is 1. The molecular weight excluding hydrogens is 842 g/mol. The van der Waals surface area contributed by atoms with E-state index < -0.39 is 71.3 Å². The maximum absolute atomic E-state index is 16.3. The molecule has 352 valence electrons. The van der Waals surface area contributed by atoms with Gasteiger partial charge in [-0.05, 0) is 91.6 Å². The summed E-state index contributed by atoms with van der Waals surface area (Å²) in [7, 11) is 3.05. The molecule has 0 aliphatic carbocycles. The molecule has 0 unspecified atom stereocenters. The molecule has 66 heavy (non-hydrogen) atoms. The zero-order valence-corrected chi connectivity index (χ0v) is 39.5. The highest BCUT2D eigenvalue weighted by molar-refractivity contribution is 5.97. The molecule has 4 aromatic rings. The van der Waals surface area contributed by atoms with E-state index in [2.05, 4.69) is 66.9 Å². The normalized spacial score (nSPS) is 22.1. The molecule has 2 saturated heterocycles. The van der Waals surface area contributed by atoms with Crippen LogP contribution < -0.4 is 10.7 Å². The summed E-state index contributed by atoms with van der Waals surface area (Å²) in [6, 6.07) is 15.2. The summed E-state index contributed by atoms with van der Waals surface area (Å²) >= 11 is 0. The van der Waals surface area contributed by atoms with Gasteiger partial charge in [0.25, 0.3) is 11.8 Å². The van der Waals surface area contributed by atoms with Gasteiger partial charge in [-0.25, -0.2) is 9.82 Å².